The van der Waals surface area contributed by atoms with Gasteiger partial charge < -0.3 is 9.13 Å². The van der Waals surface area contributed by atoms with Gasteiger partial charge in [0.1, 0.15) is 0 Å². The van der Waals surface area contributed by atoms with E-state index in [1.165, 1.54) is 76.5 Å². The zero-order chi connectivity index (χ0) is 26.2. The minimum atomic E-state index is 1.17. The fraction of sp³-hybridized carbons (Fsp3) is 0. The first-order chi connectivity index (χ1) is 19.9. The standard InChI is InChI=1S/C38H24N2/c1-2-15-26(16-3-1)39-33-22-10-8-20-30(33)35-28-18-6-7-19-29(28)37-36(38(35)39)31-21-9-11-23-34(31)40(37)32-24-12-14-25-13-4-5-17-27(25)32/h1-24H. The molecule has 2 heteroatoms. The average molecular weight is 509 g/mol. The van der Waals surface area contributed by atoms with Gasteiger partial charge in [-0.25, -0.2) is 0 Å². The maximum Gasteiger partial charge on any atom is 0.0647 e. The fourth-order valence-electron chi connectivity index (χ4n) is 6.89. The Kier molecular flexibility index (Phi) is 4.36. The van der Waals surface area contributed by atoms with Gasteiger partial charge in [-0.1, -0.05) is 115 Å². The molecule has 0 radical (unpaired) electrons. The molecule has 7 aromatic carbocycles. The van der Waals surface area contributed by atoms with Crippen LogP contribution in [0.25, 0.3) is 76.5 Å². The second kappa shape index (κ2) is 8.08. The van der Waals surface area contributed by atoms with Gasteiger partial charge in [-0.3, -0.25) is 0 Å². The molecule has 40 heavy (non-hydrogen) atoms. The summed E-state index contributed by atoms with van der Waals surface area (Å²) in [6, 6.07) is 52.8. The van der Waals surface area contributed by atoms with Crippen LogP contribution in [0.3, 0.4) is 0 Å². The predicted octanol–water partition coefficient (Wildman–Crippen LogP) is 10.2. The molecule has 186 valence electrons. The fourth-order valence-corrected chi connectivity index (χ4v) is 6.89. The zero-order valence-electron chi connectivity index (χ0n) is 21.8. The molecule has 9 rings (SSSR count). The van der Waals surface area contributed by atoms with E-state index < -0.39 is 0 Å². The second-order valence-corrected chi connectivity index (χ2v) is 10.5. The number of nitrogens with zero attached hydrogens (tertiary/aromatic N) is 2. The summed E-state index contributed by atoms with van der Waals surface area (Å²) in [4.78, 5) is 0. The summed E-state index contributed by atoms with van der Waals surface area (Å²) >= 11 is 0. The van der Waals surface area contributed by atoms with Gasteiger partial charge in [0.25, 0.3) is 0 Å². The second-order valence-electron chi connectivity index (χ2n) is 10.5. The van der Waals surface area contributed by atoms with Crippen molar-refractivity contribution in [2.45, 2.75) is 0 Å². The van der Waals surface area contributed by atoms with E-state index in [0.717, 1.165) is 0 Å². The molecule has 0 N–H and O–H groups in total. The number of para-hydroxylation sites is 3. The Bertz CT molecular complexity index is 2420. The van der Waals surface area contributed by atoms with Gasteiger partial charge in [-0.2, -0.15) is 0 Å². The van der Waals surface area contributed by atoms with Crippen LogP contribution in [-0.4, -0.2) is 9.13 Å². The Balaban J connectivity index is 1.64. The van der Waals surface area contributed by atoms with Gasteiger partial charge in [0.2, 0.25) is 0 Å². The highest BCUT2D eigenvalue weighted by atomic mass is 15.0. The maximum atomic E-state index is 2.50. The van der Waals surface area contributed by atoms with Crippen molar-refractivity contribution in [3.63, 3.8) is 0 Å². The van der Waals surface area contributed by atoms with Gasteiger partial charge in [0.15, 0.2) is 0 Å². The average Bonchev–Trinajstić information content (AvgIpc) is 3.55. The third-order valence-electron chi connectivity index (χ3n) is 8.46. The number of hydrogen-bond acceptors (Lipinski definition) is 0. The largest absolute Gasteiger partial charge is 0.309 e. The van der Waals surface area contributed by atoms with Crippen LogP contribution in [-0.2, 0) is 0 Å². The van der Waals surface area contributed by atoms with Gasteiger partial charge in [0, 0.05) is 38.0 Å². The molecule has 0 spiro atoms. The maximum absolute atomic E-state index is 2.50. The lowest BCUT2D eigenvalue weighted by atomic mass is 9.99. The van der Waals surface area contributed by atoms with Gasteiger partial charge in [0.05, 0.1) is 27.8 Å². The van der Waals surface area contributed by atoms with E-state index in [-0.39, 0.29) is 0 Å². The van der Waals surface area contributed by atoms with Crippen molar-refractivity contribution in [3.8, 4) is 11.4 Å². The molecule has 0 aliphatic rings. The van der Waals surface area contributed by atoms with E-state index in [0.29, 0.717) is 0 Å². The summed E-state index contributed by atoms with van der Waals surface area (Å²) in [6.07, 6.45) is 0. The van der Waals surface area contributed by atoms with Crippen molar-refractivity contribution in [1.29, 1.82) is 0 Å². The van der Waals surface area contributed by atoms with Gasteiger partial charge >= 0.3 is 0 Å². The van der Waals surface area contributed by atoms with Crippen LogP contribution in [0.15, 0.2) is 146 Å². The van der Waals surface area contributed by atoms with Crippen LogP contribution in [0.2, 0.25) is 0 Å². The Morgan fingerprint density at radius 3 is 1.65 bits per heavy atom. The molecule has 0 saturated heterocycles. The van der Waals surface area contributed by atoms with Crippen molar-refractivity contribution >= 4 is 65.2 Å². The van der Waals surface area contributed by atoms with E-state index in [4.69, 9.17) is 0 Å². The molecule has 0 unspecified atom stereocenters. The van der Waals surface area contributed by atoms with Crippen LogP contribution in [0.5, 0.6) is 0 Å². The number of benzene rings is 7. The topological polar surface area (TPSA) is 9.86 Å². The molecular formula is C38H24N2. The monoisotopic (exact) mass is 508 g/mol. The minimum absolute atomic E-state index is 1.17. The van der Waals surface area contributed by atoms with E-state index in [2.05, 4.69) is 155 Å². The molecule has 0 amide bonds. The smallest absolute Gasteiger partial charge is 0.0647 e. The van der Waals surface area contributed by atoms with Gasteiger partial charge in [-0.15, -0.1) is 0 Å². The van der Waals surface area contributed by atoms with E-state index in [1.54, 1.807) is 0 Å². The lowest BCUT2D eigenvalue weighted by Crippen LogP contribution is -1.97. The number of aromatic nitrogens is 2. The predicted molar refractivity (Wildman–Crippen MR) is 170 cm³/mol. The molecule has 9 aromatic rings. The van der Waals surface area contributed by atoms with Crippen LogP contribution in [0, 0.1) is 0 Å². The summed E-state index contributed by atoms with van der Waals surface area (Å²) in [5.74, 6) is 0. The molecule has 2 nitrogen and oxygen atoms in total. The van der Waals surface area contributed by atoms with Crippen LogP contribution in [0.4, 0.5) is 0 Å². The summed E-state index contributed by atoms with van der Waals surface area (Å²) in [7, 11) is 0. The first-order valence-corrected chi connectivity index (χ1v) is 13.8. The summed E-state index contributed by atoms with van der Waals surface area (Å²) in [6.45, 7) is 0. The molecule has 0 aliphatic carbocycles. The Morgan fingerprint density at radius 2 is 0.875 bits per heavy atom. The molecule has 0 bridgehead atoms. The highest BCUT2D eigenvalue weighted by molar-refractivity contribution is 6.36. The lowest BCUT2D eigenvalue weighted by molar-refractivity contribution is 1.18. The number of hydrogen-bond donors (Lipinski definition) is 0. The lowest BCUT2D eigenvalue weighted by Gasteiger charge is -2.14. The third-order valence-corrected chi connectivity index (χ3v) is 8.46. The highest BCUT2D eigenvalue weighted by Gasteiger charge is 2.24. The first-order valence-electron chi connectivity index (χ1n) is 13.8. The van der Waals surface area contributed by atoms with Crippen molar-refractivity contribution in [2.24, 2.45) is 0 Å². The normalized spacial score (nSPS) is 12.0. The SMILES string of the molecule is c1ccc(-n2c3ccccc3c3c4ccccc4c4c(c5ccccc5n4-c4cccc5ccccc45)c32)cc1. The van der Waals surface area contributed by atoms with Crippen molar-refractivity contribution in [3.05, 3.63) is 146 Å². The van der Waals surface area contributed by atoms with Crippen LogP contribution in [0.1, 0.15) is 0 Å². The summed E-state index contributed by atoms with van der Waals surface area (Å²) in [5, 5.41) is 10.2. The van der Waals surface area contributed by atoms with Gasteiger partial charge in [-0.05, 0) is 41.1 Å². The summed E-state index contributed by atoms with van der Waals surface area (Å²) < 4.78 is 4.97. The van der Waals surface area contributed by atoms with Crippen molar-refractivity contribution < 1.29 is 0 Å². The van der Waals surface area contributed by atoms with Crippen LogP contribution >= 0.6 is 0 Å². The number of fused-ring (bicyclic) bond motifs is 11. The zero-order valence-corrected chi connectivity index (χ0v) is 21.8. The Morgan fingerprint density at radius 1 is 0.325 bits per heavy atom. The van der Waals surface area contributed by atoms with Crippen molar-refractivity contribution in [2.75, 3.05) is 0 Å². The molecular weight excluding hydrogens is 484 g/mol. The Labute approximate surface area is 230 Å². The molecule has 0 atom stereocenters. The minimum Gasteiger partial charge on any atom is -0.309 e. The third kappa shape index (κ3) is 2.77. The first kappa shape index (κ1) is 21.6. The molecule has 0 fully saturated rings. The quantitative estimate of drug-likeness (QED) is 0.220. The Hall–Kier alpha value is -5.34. The molecule has 2 aromatic heterocycles. The summed E-state index contributed by atoms with van der Waals surface area (Å²) in [5.41, 5.74) is 7.33. The molecule has 0 saturated carbocycles. The number of rotatable bonds is 2. The molecule has 2 heterocycles. The highest BCUT2D eigenvalue weighted by Crippen LogP contribution is 2.47. The van der Waals surface area contributed by atoms with Crippen molar-refractivity contribution in [1.82, 2.24) is 9.13 Å². The van der Waals surface area contributed by atoms with E-state index in [1.807, 2.05) is 0 Å². The van der Waals surface area contributed by atoms with E-state index >= 15 is 0 Å². The van der Waals surface area contributed by atoms with E-state index in [9.17, 15) is 0 Å². The molecule has 0 aliphatic heterocycles. The van der Waals surface area contributed by atoms with Crippen LogP contribution < -0.4 is 0 Å².